The van der Waals surface area contributed by atoms with Crippen molar-refractivity contribution in [2.75, 3.05) is 26.2 Å². The number of hydrogen-bond donors (Lipinski definition) is 2. The number of amides is 2. The third-order valence-electron chi connectivity index (χ3n) is 5.91. The maximum Gasteiger partial charge on any atom is 0.416 e. The van der Waals surface area contributed by atoms with E-state index >= 15 is 0 Å². The molecule has 166 valence electrons. The number of nitrogens with one attached hydrogen (secondary N) is 2. The number of benzene rings is 1. The molecule has 2 fully saturated rings. The Morgan fingerprint density at radius 3 is 2.47 bits per heavy atom. The number of rotatable bonds is 6. The fourth-order valence-electron chi connectivity index (χ4n) is 3.96. The van der Waals surface area contributed by atoms with Crippen molar-refractivity contribution < 1.29 is 27.2 Å². The number of nitrogens with zero attached hydrogens (tertiary/aromatic N) is 1. The van der Waals surface area contributed by atoms with E-state index in [1.807, 2.05) is 13.8 Å². The Balaban J connectivity index is 1.50. The molecule has 2 aliphatic rings. The summed E-state index contributed by atoms with van der Waals surface area (Å²) in [7, 11) is 0. The predicted octanol–water partition coefficient (Wildman–Crippen LogP) is 3.20. The SMILES string of the molecule is CC(C)CNC(=O)CN1CCC2(CC1)CC2NC(=O)c1cc(F)cc(C(F)(F)F)c1. The van der Waals surface area contributed by atoms with Gasteiger partial charge < -0.3 is 10.6 Å². The first-order valence-corrected chi connectivity index (χ1v) is 10.2. The first kappa shape index (κ1) is 22.5. The van der Waals surface area contributed by atoms with Crippen molar-refractivity contribution in [1.82, 2.24) is 15.5 Å². The maximum atomic E-state index is 13.5. The van der Waals surface area contributed by atoms with Crippen LogP contribution in [0.15, 0.2) is 18.2 Å². The van der Waals surface area contributed by atoms with E-state index in [1.165, 1.54) is 0 Å². The van der Waals surface area contributed by atoms with Gasteiger partial charge in [0.25, 0.3) is 5.91 Å². The minimum Gasteiger partial charge on any atom is -0.355 e. The Morgan fingerprint density at radius 1 is 1.20 bits per heavy atom. The van der Waals surface area contributed by atoms with Gasteiger partial charge >= 0.3 is 6.18 Å². The molecule has 1 aromatic carbocycles. The average molecular weight is 429 g/mol. The third-order valence-corrected chi connectivity index (χ3v) is 5.91. The van der Waals surface area contributed by atoms with Gasteiger partial charge in [-0.25, -0.2) is 4.39 Å². The summed E-state index contributed by atoms with van der Waals surface area (Å²) in [6.07, 6.45) is -2.38. The lowest BCUT2D eigenvalue weighted by atomic mass is 9.92. The molecule has 1 aromatic rings. The molecule has 1 atom stereocenters. The molecule has 0 aromatic heterocycles. The zero-order valence-electron chi connectivity index (χ0n) is 17.1. The van der Waals surface area contributed by atoms with Gasteiger partial charge in [-0.1, -0.05) is 13.8 Å². The van der Waals surface area contributed by atoms with E-state index in [2.05, 4.69) is 15.5 Å². The van der Waals surface area contributed by atoms with Crippen LogP contribution in [0.2, 0.25) is 0 Å². The van der Waals surface area contributed by atoms with Crippen LogP contribution in [0.5, 0.6) is 0 Å². The smallest absolute Gasteiger partial charge is 0.355 e. The predicted molar refractivity (Wildman–Crippen MR) is 103 cm³/mol. The highest BCUT2D eigenvalue weighted by Gasteiger charge is 2.55. The second kappa shape index (κ2) is 8.53. The van der Waals surface area contributed by atoms with E-state index in [0.717, 1.165) is 38.4 Å². The average Bonchev–Trinajstić information content (AvgIpc) is 3.32. The lowest BCUT2D eigenvalue weighted by Crippen LogP contribution is -2.44. The van der Waals surface area contributed by atoms with Crippen molar-refractivity contribution in [1.29, 1.82) is 0 Å². The lowest BCUT2D eigenvalue weighted by molar-refractivity contribution is -0.137. The normalized spacial score (nSPS) is 21.0. The largest absolute Gasteiger partial charge is 0.416 e. The molecule has 3 rings (SSSR count). The van der Waals surface area contributed by atoms with Crippen LogP contribution >= 0.6 is 0 Å². The van der Waals surface area contributed by atoms with Crippen molar-refractivity contribution in [3.8, 4) is 0 Å². The van der Waals surface area contributed by atoms with Crippen LogP contribution in [0, 0.1) is 17.2 Å². The van der Waals surface area contributed by atoms with Crippen molar-refractivity contribution in [3.05, 3.63) is 35.1 Å². The summed E-state index contributed by atoms with van der Waals surface area (Å²) >= 11 is 0. The van der Waals surface area contributed by atoms with Crippen molar-refractivity contribution in [2.24, 2.45) is 11.3 Å². The van der Waals surface area contributed by atoms with Crippen LogP contribution in [0.1, 0.15) is 49.0 Å². The van der Waals surface area contributed by atoms with E-state index in [4.69, 9.17) is 0 Å². The van der Waals surface area contributed by atoms with Gasteiger partial charge in [-0.3, -0.25) is 14.5 Å². The fraction of sp³-hybridized carbons (Fsp3) is 0.619. The van der Waals surface area contributed by atoms with Crippen LogP contribution < -0.4 is 10.6 Å². The van der Waals surface area contributed by atoms with Gasteiger partial charge in [0.2, 0.25) is 5.91 Å². The highest BCUT2D eigenvalue weighted by Crippen LogP contribution is 2.53. The molecule has 1 heterocycles. The van der Waals surface area contributed by atoms with Gasteiger partial charge in [-0.15, -0.1) is 0 Å². The van der Waals surface area contributed by atoms with Gasteiger partial charge in [0.15, 0.2) is 0 Å². The summed E-state index contributed by atoms with van der Waals surface area (Å²) in [4.78, 5) is 26.4. The number of halogens is 4. The van der Waals surface area contributed by atoms with Gasteiger partial charge in [0.1, 0.15) is 5.82 Å². The number of alkyl halides is 3. The van der Waals surface area contributed by atoms with Crippen LogP contribution in [0.4, 0.5) is 17.6 Å². The van der Waals surface area contributed by atoms with Gasteiger partial charge in [-0.05, 0) is 61.9 Å². The quantitative estimate of drug-likeness (QED) is 0.683. The Bertz CT molecular complexity index is 802. The van der Waals surface area contributed by atoms with E-state index in [1.54, 1.807) is 0 Å². The van der Waals surface area contributed by atoms with E-state index in [-0.39, 0.29) is 22.9 Å². The molecule has 0 radical (unpaired) electrons. The molecule has 2 amide bonds. The van der Waals surface area contributed by atoms with Crippen LogP contribution in [0.3, 0.4) is 0 Å². The van der Waals surface area contributed by atoms with Gasteiger partial charge in [0, 0.05) is 18.2 Å². The van der Waals surface area contributed by atoms with E-state index < -0.39 is 23.5 Å². The Hall–Kier alpha value is -2.16. The molecule has 5 nitrogen and oxygen atoms in total. The van der Waals surface area contributed by atoms with Crippen LogP contribution in [-0.4, -0.2) is 48.9 Å². The molecule has 0 bridgehead atoms. The fourth-order valence-corrected chi connectivity index (χ4v) is 3.96. The third kappa shape index (κ3) is 5.50. The van der Waals surface area contributed by atoms with Gasteiger partial charge in [-0.2, -0.15) is 13.2 Å². The molecule has 1 aliphatic carbocycles. The van der Waals surface area contributed by atoms with Crippen molar-refractivity contribution in [3.63, 3.8) is 0 Å². The second-order valence-corrected chi connectivity index (χ2v) is 8.79. The van der Waals surface area contributed by atoms with Crippen molar-refractivity contribution in [2.45, 2.75) is 45.3 Å². The first-order valence-electron chi connectivity index (χ1n) is 10.2. The van der Waals surface area contributed by atoms with Crippen LogP contribution in [0.25, 0.3) is 0 Å². The summed E-state index contributed by atoms with van der Waals surface area (Å²) in [6.45, 7) is 6.48. The Kier molecular flexibility index (Phi) is 6.40. The molecule has 2 N–H and O–H groups in total. The van der Waals surface area contributed by atoms with E-state index in [9.17, 15) is 27.2 Å². The lowest BCUT2D eigenvalue weighted by Gasteiger charge is -2.32. The molecular formula is C21H27F4N3O2. The molecule has 1 saturated carbocycles. The topological polar surface area (TPSA) is 61.4 Å². The molecular weight excluding hydrogens is 402 g/mol. The highest BCUT2D eigenvalue weighted by atomic mass is 19.4. The summed E-state index contributed by atoms with van der Waals surface area (Å²) in [5, 5.41) is 5.64. The monoisotopic (exact) mass is 429 g/mol. The number of carbonyl (C=O) groups is 2. The standard InChI is InChI=1S/C21H27F4N3O2/c1-13(2)11-26-18(29)12-28-5-3-20(4-6-28)10-17(20)27-19(30)14-7-15(21(23,24)25)9-16(22)8-14/h7-9,13,17H,3-6,10-12H2,1-2H3,(H,26,29)(H,27,30). The van der Waals surface area contributed by atoms with Crippen molar-refractivity contribution >= 4 is 11.8 Å². The molecule has 1 aliphatic heterocycles. The Labute approximate surface area is 173 Å². The number of carbonyl (C=O) groups excluding carboxylic acids is 2. The summed E-state index contributed by atoms with van der Waals surface area (Å²) in [5.41, 5.74) is -1.59. The maximum absolute atomic E-state index is 13.5. The minimum atomic E-state index is -4.72. The highest BCUT2D eigenvalue weighted by molar-refractivity contribution is 5.95. The van der Waals surface area contributed by atoms with Gasteiger partial charge in [0.05, 0.1) is 12.1 Å². The molecule has 9 heteroatoms. The summed E-state index contributed by atoms with van der Waals surface area (Å²) in [6, 6.07) is 1.73. The zero-order chi connectivity index (χ0) is 22.1. The zero-order valence-corrected chi connectivity index (χ0v) is 17.1. The molecule has 1 saturated heterocycles. The summed E-state index contributed by atoms with van der Waals surface area (Å²) < 4.78 is 52.1. The van der Waals surface area contributed by atoms with Crippen LogP contribution in [-0.2, 0) is 11.0 Å². The Morgan fingerprint density at radius 2 is 1.87 bits per heavy atom. The number of hydrogen-bond acceptors (Lipinski definition) is 3. The first-order chi connectivity index (χ1) is 14.0. The second-order valence-electron chi connectivity index (χ2n) is 8.79. The molecule has 1 spiro atoms. The summed E-state index contributed by atoms with van der Waals surface area (Å²) in [5.74, 6) is -1.41. The van der Waals surface area contributed by atoms with E-state index in [0.29, 0.717) is 31.1 Å². The number of piperidine rings is 1. The number of likely N-dealkylation sites (tertiary alicyclic amines) is 1. The molecule has 30 heavy (non-hydrogen) atoms. The molecule has 1 unspecified atom stereocenters. The minimum absolute atomic E-state index is 0.00753.